The van der Waals surface area contributed by atoms with Crippen molar-refractivity contribution in [2.75, 3.05) is 0 Å². The summed E-state index contributed by atoms with van der Waals surface area (Å²) in [7, 11) is 0. The predicted octanol–water partition coefficient (Wildman–Crippen LogP) is 2.59. The molecule has 86 valence electrons. The van der Waals surface area contributed by atoms with Gasteiger partial charge >= 0.3 is 0 Å². The zero-order chi connectivity index (χ0) is 11.6. The third-order valence-corrected chi connectivity index (χ3v) is 4.03. The summed E-state index contributed by atoms with van der Waals surface area (Å²) in [4.78, 5) is 4.21. The number of amidine groups is 2. The van der Waals surface area contributed by atoms with Gasteiger partial charge in [-0.25, -0.2) is 9.30 Å². The predicted molar refractivity (Wildman–Crippen MR) is 68.1 cm³/mol. The summed E-state index contributed by atoms with van der Waals surface area (Å²) in [6.45, 7) is 12.6. The van der Waals surface area contributed by atoms with Crippen LogP contribution in [0.3, 0.4) is 0 Å². The van der Waals surface area contributed by atoms with Crippen LogP contribution in [0, 0.1) is 0 Å². The second-order valence-electron chi connectivity index (χ2n) is 4.18. The summed E-state index contributed by atoms with van der Waals surface area (Å²) in [5, 5.41) is 0. The fourth-order valence-corrected chi connectivity index (χ4v) is 3.14. The zero-order valence-electron chi connectivity index (χ0n) is 10.4. The maximum atomic E-state index is 4.49. The Morgan fingerprint density at radius 2 is 1.53 bits per heavy atom. The molecule has 0 amide bonds. The van der Waals surface area contributed by atoms with Crippen LogP contribution in [0.15, 0.2) is 13.8 Å². The van der Waals surface area contributed by atoms with Crippen molar-refractivity contribution >= 4 is 22.7 Å². The van der Waals surface area contributed by atoms with Gasteiger partial charge in [-0.1, -0.05) is 0 Å². The van der Waals surface area contributed by atoms with Gasteiger partial charge in [0.1, 0.15) is 22.7 Å². The van der Waals surface area contributed by atoms with Crippen molar-refractivity contribution in [3.05, 3.63) is 0 Å². The van der Waals surface area contributed by atoms with E-state index < -0.39 is 0 Å². The lowest BCUT2D eigenvalue weighted by Crippen LogP contribution is -2.38. The van der Waals surface area contributed by atoms with Crippen LogP contribution in [0.4, 0.5) is 0 Å². The fourth-order valence-electron chi connectivity index (χ4n) is 1.60. The highest BCUT2D eigenvalue weighted by atomic mass is 32.2. The minimum Gasteiger partial charge on any atom is -0.218 e. The molecule has 0 aromatic carbocycles. The Morgan fingerprint density at radius 1 is 1.00 bits per heavy atom. The number of hydrogen-bond acceptors (Lipinski definition) is 4. The van der Waals surface area contributed by atoms with Gasteiger partial charge in [-0.3, -0.25) is 0 Å². The Morgan fingerprint density at radius 3 is 1.93 bits per heavy atom. The minimum absolute atomic E-state index is 0.387. The molecule has 0 aromatic rings. The Hall–Kier alpha value is -0.550. The van der Waals surface area contributed by atoms with Crippen LogP contribution in [0.5, 0.6) is 0 Å². The molecule has 0 aromatic heterocycles. The summed E-state index contributed by atoms with van der Waals surface area (Å²) in [5.74, 6) is 1.66. The van der Waals surface area contributed by atoms with Crippen molar-refractivity contribution in [1.29, 1.82) is 0 Å². The van der Waals surface area contributed by atoms with E-state index in [1.54, 1.807) is 0 Å². The van der Waals surface area contributed by atoms with Crippen LogP contribution in [-0.4, -0.2) is 28.1 Å². The number of nitrogens with zero attached hydrogens (tertiary/aromatic N) is 4. The highest BCUT2D eigenvalue weighted by Crippen LogP contribution is 2.15. The lowest BCUT2D eigenvalue weighted by Gasteiger charge is -2.30. The van der Waals surface area contributed by atoms with E-state index in [4.69, 9.17) is 0 Å². The molecule has 1 heterocycles. The molecule has 0 saturated carbocycles. The molecule has 0 fully saturated rings. The van der Waals surface area contributed by atoms with Gasteiger partial charge in [0, 0.05) is 12.1 Å². The lowest BCUT2D eigenvalue weighted by atomic mass is 10.3. The molecule has 5 heteroatoms. The first-order chi connectivity index (χ1) is 6.91. The van der Waals surface area contributed by atoms with Crippen molar-refractivity contribution in [3.63, 3.8) is 0 Å². The molecule has 0 radical (unpaired) electrons. The number of hydrogen-bond donors (Lipinski definition) is 0. The van der Waals surface area contributed by atoms with Crippen molar-refractivity contribution in [2.24, 2.45) is 13.8 Å². The van der Waals surface area contributed by atoms with Crippen LogP contribution < -0.4 is 0 Å². The number of rotatable bonds is 3. The van der Waals surface area contributed by atoms with Gasteiger partial charge in [0.15, 0.2) is 0 Å². The van der Waals surface area contributed by atoms with Crippen molar-refractivity contribution < 1.29 is 0 Å². The highest BCUT2D eigenvalue weighted by molar-refractivity contribution is 7.84. The van der Waals surface area contributed by atoms with Crippen molar-refractivity contribution in [2.45, 2.75) is 53.6 Å². The highest BCUT2D eigenvalue weighted by Gasteiger charge is 2.20. The first kappa shape index (κ1) is 12.5. The molecular formula is C10H20N4S. The standard InChI is InChI=1S/C10H20N4S/c1-7(2)14(8(3)4)15-12-9(5)11-10(6)13-15/h7-8H,1-6H3. The molecule has 1 unspecified atom stereocenters. The van der Waals surface area contributed by atoms with Gasteiger partial charge in [0.2, 0.25) is 0 Å². The first-order valence-electron chi connectivity index (χ1n) is 5.27. The molecule has 0 bridgehead atoms. The molecule has 1 aliphatic heterocycles. The lowest BCUT2D eigenvalue weighted by molar-refractivity contribution is 0.331. The average Bonchev–Trinajstić information content (AvgIpc) is 1.99. The van der Waals surface area contributed by atoms with Crippen molar-refractivity contribution in [3.8, 4) is 0 Å². The molecular weight excluding hydrogens is 208 g/mol. The smallest absolute Gasteiger partial charge is 0.138 e. The van der Waals surface area contributed by atoms with E-state index >= 15 is 0 Å². The zero-order valence-corrected chi connectivity index (χ0v) is 11.2. The first-order valence-corrected chi connectivity index (χ1v) is 6.36. The molecule has 4 nitrogen and oxygen atoms in total. The Bertz CT molecular complexity index is 318. The van der Waals surface area contributed by atoms with Crippen LogP contribution in [0.1, 0.15) is 41.5 Å². The van der Waals surface area contributed by atoms with Crippen LogP contribution >= 0.6 is 0 Å². The monoisotopic (exact) mass is 228 g/mol. The van der Waals surface area contributed by atoms with Crippen LogP contribution in [-0.2, 0) is 11.1 Å². The fraction of sp³-hybridized carbons (Fsp3) is 0.800. The third-order valence-electron chi connectivity index (χ3n) is 1.96. The second-order valence-corrected chi connectivity index (χ2v) is 5.46. The molecule has 1 aliphatic rings. The van der Waals surface area contributed by atoms with Crippen LogP contribution in [0.25, 0.3) is 0 Å². The van der Waals surface area contributed by atoms with Gasteiger partial charge in [0.05, 0.1) is 0 Å². The molecule has 0 spiro atoms. The van der Waals surface area contributed by atoms with E-state index in [1.165, 1.54) is 0 Å². The average molecular weight is 228 g/mol. The maximum Gasteiger partial charge on any atom is 0.138 e. The largest absolute Gasteiger partial charge is 0.218 e. The molecule has 15 heavy (non-hydrogen) atoms. The van der Waals surface area contributed by atoms with Crippen LogP contribution in [0.2, 0.25) is 0 Å². The summed E-state index contributed by atoms with van der Waals surface area (Å²) in [6, 6.07) is 0.888. The van der Waals surface area contributed by atoms with E-state index in [1.807, 2.05) is 13.8 Å². The topological polar surface area (TPSA) is 40.3 Å². The summed E-state index contributed by atoms with van der Waals surface area (Å²) < 4.78 is 11.3. The maximum absolute atomic E-state index is 4.49. The van der Waals surface area contributed by atoms with Gasteiger partial charge in [-0.05, 0) is 41.5 Å². The number of aliphatic imine (C=N–C) groups is 1. The van der Waals surface area contributed by atoms with Crippen molar-refractivity contribution in [1.82, 2.24) is 4.31 Å². The Labute approximate surface area is 94.9 Å². The second kappa shape index (κ2) is 4.99. The Balaban J connectivity index is 3.01. The molecule has 0 N–H and O–H groups in total. The van der Waals surface area contributed by atoms with E-state index in [0.717, 1.165) is 11.7 Å². The van der Waals surface area contributed by atoms with E-state index in [2.05, 4.69) is 45.8 Å². The van der Waals surface area contributed by atoms with Gasteiger partial charge in [-0.2, -0.15) is 8.76 Å². The van der Waals surface area contributed by atoms with E-state index in [-0.39, 0.29) is 11.1 Å². The SMILES string of the molecule is CC1=NC(C)=NS(N(C(C)C)C(C)C)=N1. The van der Waals surface area contributed by atoms with E-state index in [9.17, 15) is 0 Å². The Kier molecular flexibility index (Phi) is 4.16. The van der Waals surface area contributed by atoms with Gasteiger partial charge < -0.3 is 0 Å². The molecule has 1 atom stereocenters. The van der Waals surface area contributed by atoms with Gasteiger partial charge in [0.25, 0.3) is 0 Å². The minimum atomic E-state index is -0.387. The molecule has 0 saturated heterocycles. The summed E-state index contributed by atoms with van der Waals surface area (Å²) >= 11 is -0.387. The third kappa shape index (κ3) is 3.21. The molecule has 1 rings (SSSR count). The summed E-state index contributed by atoms with van der Waals surface area (Å²) in [5.41, 5.74) is 0. The summed E-state index contributed by atoms with van der Waals surface area (Å²) in [6.07, 6.45) is 0. The van der Waals surface area contributed by atoms with E-state index in [0.29, 0.717) is 12.1 Å². The normalized spacial score (nSPS) is 21.8. The van der Waals surface area contributed by atoms with Gasteiger partial charge in [-0.15, -0.1) is 0 Å². The molecule has 0 aliphatic carbocycles. The quantitative estimate of drug-likeness (QED) is 0.732.